The van der Waals surface area contributed by atoms with E-state index in [-0.39, 0.29) is 12.8 Å². The van der Waals surface area contributed by atoms with E-state index in [9.17, 15) is 39.2 Å². The van der Waals surface area contributed by atoms with Gasteiger partial charge in [-0.25, -0.2) is 12.8 Å². The Kier molecular flexibility index (Phi) is 8.65. The fourth-order valence-corrected chi connectivity index (χ4v) is 4.92. The predicted molar refractivity (Wildman–Crippen MR) is 131 cm³/mol. The monoisotopic (exact) mass is 562 g/mol. The summed E-state index contributed by atoms with van der Waals surface area (Å²) in [6, 6.07) is 9.17. The molecular weight excluding hydrogens is 537 g/mol. The first kappa shape index (κ1) is 29.3. The molecule has 0 saturated heterocycles. The van der Waals surface area contributed by atoms with Crippen molar-refractivity contribution in [3.63, 3.8) is 0 Å². The lowest BCUT2D eigenvalue weighted by molar-refractivity contribution is -0.137. The number of nitrogens with one attached hydrogen (secondary N) is 1. The highest BCUT2D eigenvalue weighted by atomic mass is 32.2. The quantitative estimate of drug-likeness (QED) is 0.265. The Balaban J connectivity index is 2.08. The summed E-state index contributed by atoms with van der Waals surface area (Å²) >= 11 is 0. The number of benzene rings is 2. The number of rotatable bonds is 9. The molecule has 12 heteroatoms. The molecule has 2 aromatic rings. The molecule has 0 aromatic heterocycles. The van der Waals surface area contributed by atoms with E-state index < -0.39 is 63.3 Å². The summed E-state index contributed by atoms with van der Waals surface area (Å²) in [6.07, 6.45) is -4.98. The highest BCUT2D eigenvalue weighted by Crippen LogP contribution is 2.41. The zero-order valence-electron chi connectivity index (χ0n) is 20.2. The average molecular weight is 563 g/mol. The van der Waals surface area contributed by atoms with Crippen LogP contribution < -0.4 is 4.72 Å². The maximum Gasteiger partial charge on any atom is 0.431 e. The molecule has 1 heterocycles. The Morgan fingerprint density at radius 3 is 2.21 bits per heavy atom. The molecule has 1 N–H and O–H groups in total. The second kappa shape index (κ2) is 11.2. The van der Waals surface area contributed by atoms with E-state index >= 15 is 0 Å². The Bertz CT molecular complexity index is 1330. The minimum Gasteiger partial charge on any atom is -0.356 e. The Hall–Kier alpha value is -3.28. The fourth-order valence-electron chi connectivity index (χ4n) is 4.34. The van der Waals surface area contributed by atoms with Crippen LogP contribution in [-0.4, -0.2) is 31.8 Å². The van der Waals surface area contributed by atoms with Crippen LogP contribution in [0.2, 0.25) is 0 Å². The van der Waals surface area contributed by atoms with Crippen LogP contribution in [0.4, 0.5) is 36.4 Å². The molecule has 1 aliphatic rings. The van der Waals surface area contributed by atoms with Crippen LogP contribution >= 0.6 is 0 Å². The summed E-state index contributed by atoms with van der Waals surface area (Å²) in [4.78, 5) is 0.917. The second-order valence-electron chi connectivity index (χ2n) is 8.82. The molecule has 0 aliphatic carbocycles. The van der Waals surface area contributed by atoms with Crippen LogP contribution in [0, 0.1) is 5.82 Å². The van der Waals surface area contributed by atoms with Crippen LogP contribution in [0.15, 0.2) is 78.5 Å². The number of sulfonamides is 1. The fraction of sp³-hybridized carbons (Fsp3) is 0.308. The molecule has 38 heavy (non-hydrogen) atoms. The van der Waals surface area contributed by atoms with Crippen molar-refractivity contribution < 1.29 is 39.2 Å². The van der Waals surface area contributed by atoms with Crippen molar-refractivity contribution in [2.75, 3.05) is 11.0 Å². The van der Waals surface area contributed by atoms with E-state index in [1.807, 2.05) is 12.1 Å². The minimum atomic E-state index is -5.19. The first-order chi connectivity index (χ1) is 17.6. The maximum absolute atomic E-state index is 14.8. The number of anilines is 1. The smallest absolute Gasteiger partial charge is 0.356 e. The number of hydrogen-bond donors (Lipinski definition) is 1. The summed E-state index contributed by atoms with van der Waals surface area (Å²) in [7, 11) is -4.28. The standard InChI is InChI=1S/C26H25F7N2O2S/c1-3-7-19-11-13-23(26(31,32)33)35(22(19)12-10-17-8-5-4-6-9-17)16-18-14-20(25(28,29)30)24(21(27)15-18)34-38(2,36)37/h3-6,8-9,11,13-15,22,34H,1,7,10,12,16H2,2H3. The zero-order chi connectivity index (χ0) is 28.3. The summed E-state index contributed by atoms with van der Waals surface area (Å²) in [5.41, 5.74) is -3.03. The molecular formula is C26H25F7N2O2S. The van der Waals surface area contributed by atoms with Crippen LogP contribution in [0.1, 0.15) is 29.5 Å². The lowest BCUT2D eigenvalue weighted by atomic mass is 9.91. The molecule has 0 spiro atoms. The third-order valence-corrected chi connectivity index (χ3v) is 6.46. The van der Waals surface area contributed by atoms with Crippen molar-refractivity contribution >= 4 is 15.7 Å². The molecule has 0 radical (unpaired) electrons. The third-order valence-electron chi connectivity index (χ3n) is 5.88. The van der Waals surface area contributed by atoms with E-state index in [0.717, 1.165) is 16.5 Å². The second-order valence-corrected chi connectivity index (χ2v) is 10.6. The number of hydrogen-bond acceptors (Lipinski definition) is 3. The molecule has 0 bridgehead atoms. The van der Waals surface area contributed by atoms with Gasteiger partial charge < -0.3 is 4.90 Å². The summed E-state index contributed by atoms with van der Waals surface area (Å²) < 4.78 is 123. The number of halogens is 7. The Morgan fingerprint density at radius 2 is 1.66 bits per heavy atom. The van der Waals surface area contributed by atoms with Gasteiger partial charge >= 0.3 is 12.4 Å². The minimum absolute atomic E-state index is 0.194. The maximum atomic E-state index is 14.8. The average Bonchev–Trinajstić information content (AvgIpc) is 2.79. The van der Waals surface area contributed by atoms with Crippen molar-refractivity contribution in [2.45, 2.75) is 44.2 Å². The van der Waals surface area contributed by atoms with Gasteiger partial charge in [-0.3, -0.25) is 4.72 Å². The van der Waals surface area contributed by atoms with Gasteiger partial charge in [0.15, 0.2) is 0 Å². The molecule has 4 nitrogen and oxygen atoms in total. The summed E-state index contributed by atoms with van der Waals surface area (Å²) in [5, 5.41) is 0. The lowest BCUT2D eigenvalue weighted by Gasteiger charge is -2.40. The highest BCUT2D eigenvalue weighted by Gasteiger charge is 2.42. The molecule has 0 fully saturated rings. The van der Waals surface area contributed by atoms with Crippen molar-refractivity contribution in [3.05, 3.63) is 101 Å². The molecule has 2 aromatic carbocycles. The normalized spacial score (nSPS) is 16.6. The van der Waals surface area contributed by atoms with Crippen molar-refractivity contribution in [2.24, 2.45) is 0 Å². The van der Waals surface area contributed by atoms with E-state index in [4.69, 9.17) is 0 Å². The number of aryl methyl sites for hydroxylation is 1. The topological polar surface area (TPSA) is 49.4 Å². The predicted octanol–water partition coefficient (Wildman–Crippen LogP) is 6.98. The number of nitrogens with zero attached hydrogens (tertiary/aromatic N) is 1. The van der Waals surface area contributed by atoms with E-state index in [1.54, 1.807) is 18.2 Å². The van der Waals surface area contributed by atoms with E-state index in [1.165, 1.54) is 16.9 Å². The number of allylic oxidation sites excluding steroid dienone is 4. The largest absolute Gasteiger partial charge is 0.431 e. The molecule has 0 amide bonds. The van der Waals surface area contributed by atoms with Gasteiger partial charge in [-0.15, -0.1) is 6.58 Å². The van der Waals surface area contributed by atoms with Gasteiger partial charge in [0.25, 0.3) is 0 Å². The molecule has 1 unspecified atom stereocenters. The molecule has 0 saturated carbocycles. The molecule has 3 rings (SSSR count). The number of alkyl halides is 6. The van der Waals surface area contributed by atoms with Gasteiger partial charge in [-0.2, -0.15) is 26.3 Å². The van der Waals surface area contributed by atoms with Crippen LogP contribution in [0.3, 0.4) is 0 Å². The summed E-state index contributed by atoms with van der Waals surface area (Å²) in [6.45, 7) is 2.93. The SMILES string of the molecule is C=CCC1=CC=C(C(F)(F)F)N(Cc2cc(F)c(NS(C)(=O)=O)c(C(F)(F)F)c2)C1CCc1ccccc1. The van der Waals surface area contributed by atoms with Crippen LogP contribution in [0.5, 0.6) is 0 Å². The van der Waals surface area contributed by atoms with Gasteiger partial charge in [-0.1, -0.05) is 42.5 Å². The van der Waals surface area contributed by atoms with Crippen LogP contribution in [0.25, 0.3) is 0 Å². The van der Waals surface area contributed by atoms with Gasteiger partial charge in [-0.05, 0) is 54.2 Å². The van der Waals surface area contributed by atoms with Crippen molar-refractivity contribution in [1.82, 2.24) is 4.90 Å². The third kappa shape index (κ3) is 7.40. The van der Waals surface area contributed by atoms with Gasteiger partial charge in [0.1, 0.15) is 11.5 Å². The van der Waals surface area contributed by atoms with Crippen molar-refractivity contribution in [1.29, 1.82) is 0 Å². The van der Waals surface area contributed by atoms with E-state index in [2.05, 4.69) is 6.58 Å². The van der Waals surface area contributed by atoms with Gasteiger partial charge in [0.05, 0.1) is 23.5 Å². The highest BCUT2D eigenvalue weighted by molar-refractivity contribution is 7.92. The van der Waals surface area contributed by atoms with Crippen molar-refractivity contribution in [3.8, 4) is 0 Å². The zero-order valence-corrected chi connectivity index (χ0v) is 21.0. The van der Waals surface area contributed by atoms with E-state index in [0.29, 0.717) is 30.4 Å². The van der Waals surface area contributed by atoms with Gasteiger partial charge in [0.2, 0.25) is 10.0 Å². The molecule has 206 valence electrons. The van der Waals surface area contributed by atoms with Gasteiger partial charge in [0, 0.05) is 6.54 Å². The first-order valence-electron chi connectivity index (χ1n) is 11.4. The molecule has 1 aliphatic heterocycles. The Morgan fingerprint density at radius 1 is 1.00 bits per heavy atom. The molecule has 1 atom stereocenters. The van der Waals surface area contributed by atoms with Crippen LogP contribution in [-0.2, 0) is 29.2 Å². The Labute approximate surface area is 216 Å². The summed E-state index contributed by atoms with van der Waals surface area (Å²) in [5.74, 6) is -1.56. The lowest BCUT2D eigenvalue weighted by Crippen LogP contribution is -2.42. The first-order valence-corrected chi connectivity index (χ1v) is 13.3.